The van der Waals surface area contributed by atoms with Crippen molar-refractivity contribution in [2.45, 2.75) is 25.2 Å². The fourth-order valence-corrected chi connectivity index (χ4v) is 2.58. The van der Waals surface area contributed by atoms with E-state index in [1.165, 1.54) is 0 Å². The lowest BCUT2D eigenvalue weighted by atomic mass is 10.2. The van der Waals surface area contributed by atoms with Crippen LogP contribution in [0.3, 0.4) is 0 Å². The minimum atomic E-state index is -3.36. The maximum atomic E-state index is 11.9. The molecule has 2 N–H and O–H groups in total. The average Bonchev–Trinajstić information content (AvgIpc) is 2.29. The van der Waals surface area contributed by atoms with Crippen molar-refractivity contribution in [3.8, 4) is 0 Å². The van der Waals surface area contributed by atoms with Gasteiger partial charge in [-0.05, 0) is 37.6 Å². The lowest BCUT2D eigenvalue weighted by Crippen LogP contribution is -2.32. The van der Waals surface area contributed by atoms with E-state index in [0.717, 1.165) is 18.5 Å². The van der Waals surface area contributed by atoms with Crippen LogP contribution in [0, 0.1) is 6.92 Å². The minimum absolute atomic E-state index is 0. The molecule has 0 heterocycles. The highest BCUT2D eigenvalue weighted by molar-refractivity contribution is 7.89. The third-order valence-corrected chi connectivity index (χ3v) is 3.78. The third kappa shape index (κ3) is 5.82. The Bertz CT molecular complexity index is 449. The molecule has 104 valence electrons. The highest BCUT2D eigenvalue weighted by Crippen LogP contribution is 2.09. The van der Waals surface area contributed by atoms with Crippen molar-refractivity contribution in [2.24, 2.45) is 0 Å². The third-order valence-electron chi connectivity index (χ3n) is 2.32. The summed E-state index contributed by atoms with van der Waals surface area (Å²) in [4.78, 5) is 0.327. The summed E-state index contributed by atoms with van der Waals surface area (Å²) in [5.74, 6) is 0. The summed E-state index contributed by atoms with van der Waals surface area (Å²) < 4.78 is 26.3. The summed E-state index contributed by atoms with van der Waals surface area (Å²) in [6.07, 6.45) is 1.05. The van der Waals surface area contributed by atoms with Crippen LogP contribution in [0.5, 0.6) is 0 Å². The van der Waals surface area contributed by atoms with Gasteiger partial charge in [0, 0.05) is 13.1 Å². The molecule has 6 heteroatoms. The van der Waals surface area contributed by atoms with Crippen molar-refractivity contribution in [3.63, 3.8) is 0 Å². The fraction of sp³-hybridized carbons (Fsp3) is 0.500. The molecule has 0 aromatic heterocycles. The van der Waals surface area contributed by atoms with Gasteiger partial charge < -0.3 is 5.32 Å². The number of aryl methyl sites for hydroxylation is 1. The van der Waals surface area contributed by atoms with Gasteiger partial charge in [0.05, 0.1) is 4.90 Å². The highest BCUT2D eigenvalue weighted by Gasteiger charge is 2.12. The quantitative estimate of drug-likeness (QED) is 0.752. The topological polar surface area (TPSA) is 58.2 Å². The first-order valence-electron chi connectivity index (χ1n) is 5.83. The number of hydrogen-bond donors (Lipinski definition) is 2. The van der Waals surface area contributed by atoms with Crippen LogP contribution in [0.4, 0.5) is 0 Å². The molecule has 0 saturated carbocycles. The standard InChI is InChI=1S/C12H20N2O2S.ClH/c1-3-7-13-8-9-14-17(15,16)12-6-4-5-11(2)10-12;/h4-6,10,13-14H,3,7-9H2,1-2H3;1H. The van der Waals surface area contributed by atoms with Crippen LogP contribution in [0.25, 0.3) is 0 Å². The van der Waals surface area contributed by atoms with Crippen LogP contribution in [0.15, 0.2) is 29.2 Å². The lowest BCUT2D eigenvalue weighted by Gasteiger charge is -2.07. The van der Waals surface area contributed by atoms with Crippen LogP contribution in [-0.4, -0.2) is 28.1 Å². The molecule has 0 spiro atoms. The molecular weight excluding hydrogens is 272 g/mol. The molecule has 0 unspecified atom stereocenters. The van der Waals surface area contributed by atoms with Gasteiger partial charge in [-0.2, -0.15) is 0 Å². The molecule has 0 bridgehead atoms. The molecule has 1 aromatic carbocycles. The van der Waals surface area contributed by atoms with Crippen molar-refractivity contribution in [1.82, 2.24) is 10.0 Å². The summed E-state index contributed by atoms with van der Waals surface area (Å²) >= 11 is 0. The number of hydrogen-bond acceptors (Lipinski definition) is 3. The van der Waals surface area contributed by atoms with E-state index in [1.807, 2.05) is 13.0 Å². The molecule has 4 nitrogen and oxygen atoms in total. The van der Waals surface area contributed by atoms with Gasteiger partial charge in [0.15, 0.2) is 0 Å². The fourth-order valence-electron chi connectivity index (χ4n) is 1.44. The molecule has 0 aliphatic carbocycles. The SMILES string of the molecule is CCCNCCNS(=O)(=O)c1cccc(C)c1.Cl. The molecule has 0 saturated heterocycles. The van der Waals surface area contributed by atoms with Gasteiger partial charge in [0.25, 0.3) is 0 Å². The van der Waals surface area contributed by atoms with Gasteiger partial charge in [-0.1, -0.05) is 19.1 Å². The Labute approximate surface area is 116 Å². The van der Waals surface area contributed by atoms with E-state index in [-0.39, 0.29) is 12.4 Å². The Morgan fingerprint density at radius 1 is 1.17 bits per heavy atom. The van der Waals surface area contributed by atoms with E-state index in [4.69, 9.17) is 0 Å². The summed E-state index contributed by atoms with van der Waals surface area (Å²) in [5.41, 5.74) is 0.942. The smallest absolute Gasteiger partial charge is 0.240 e. The van der Waals surface area contributed by atoms with Crippen LogP contribution < -0.4 is 10.0 Å². The molecule has 0 aliphatic rings. The van der Waals surface area contributed by atoms with Crippen LogP contribution >= 0.6 is 12.4 Å². The number of benzene rings is 1. The molecule has 18 heavy (non-hydrogen) atoms. The molecule has 0 radical (unpaired) electrons. The largest absolute Gasteiger partial charge is 0.315 e. The van der Waals surface area contributed by atoms with Crippen molar-refractivity contribution in [2.75, 3.05) is 19.6 Å². The highest BCUT2D eigenvalue weighted by atomic mass is 35.5. The second kappa shape index (κ2) is 8.48. The van der Waals surface area contributed by atoms with E-state index >= 15 is 0 Å². The van der Waals surface area contributed by atoms with E-state index in [1.54, 1.807) is 18.2 Å². The van der Waals surface area contributed by atoms with Crippen LogP contribution in [0.2, 0.25) is 0 Å². The maximum absolute atomic E-state index is 11.9. The van der Waals surface area contributed by atoms with Gasteiger partial charge >= 0.3 is 0 Å². The monoisotopic (exact) mass is 292 g/mol. The minimum Gasteiger partial charge on any atom is -0.315 e. The molecule has 1 rings (SSSR count). The molecule has 0 aliphatic heterocycles. The number of halogens is 1. The zero-order chi connectivity index (χ0) is 12.7. The second-order valence-electron chi connectivity index (χ2n) is 3.96. The average molecular weight is 293 g/mol. The van der Waals surface area contributed by atoms with Crippen LogP contribution in [-0.2, 0) is 10.0 Å². The summed E-state index contributed by atoms with van der Waals surface area (Å²) in [6, 6.07) is 6.90. The zero-order valence-corrected chi connectivity index (χ0v) is 12.4. The molecular formula is C12H21ClN2O2S. The van der Waals surface area contributed by atoms with Crippen molar-refractivity contribution in [1.29, 1.82) is 0 Å². The Kier molecular flexibility index (Phi) is 8.18. The van der Waals surface area contributed by atoms with Gasteiger partial charge in [0.2, 0.25) is 10.0 Å². The van der Waals surface area contributed by atoms with E-state index in [9.17, 15) is 8.42 Å². The van der Waals surface area contributed by atoms with Crippen molar-refractivity contribution < 1.29 is 8.42 Å². The predicted molar refractivity (Wildman–Crippen MR) is 76.8 cm³/mol. The lowest BCUT2D eigenvalue weighted by molar-refractivity contribution is 0.575. The number of rotatable bonds is 7. The predicted octanol–water partition coefficient (Wildman–Crippen LogP) is 1.69. The Balaban J connectivity index is 0.00000289. The Hall–Kier alpha value is -0.620. The van der Waals surface area contributed by atoms with E-state index in [0.29, 0.717) is 18.0 Å². The van der Waals surface area contributed by atoms with Gasteiger partial charge in [-0.3, -0.25) is 0 Å². The first kappa shape index (κ1) is 17.4. The van der Waals surface area contributed by atoms with Gasteiger partial charge in [-0.25, -0.2) is 13.1 Å². The first-order valence-corrected chi connectivity index (χ1v) is 7.31. The maximum Gasteiger partial charge on any atom is 0.240 e. The Morgan fingerprint density at radius 3 is 2.50 bits per heavy atom. The summed E-state index contributed by atoms with van der Waals surface area (Å²) in [6.45, 7) is 5.92. The van der Waals surface area contributed by atoms with Crippen molar-refractivity contribution in [3.05, 3.63) is 29.8 Å². The second-order valence-corrected chi connectivity index (χ2v) is 5.73. The zero-order valence-electron chi connectivity index (χ0n) is 10.8. The van der Waals surface area contributed by atoms with Crippen molar-refractivity contribution >= 4 is 22.4 Å². The Morgan fingerprint density at radius 2 is 1.89 bits per heavy atom. The van der Waals surface area contributed by atoms with E-state index < -0.39 is 10.0 Å². The number of nitrogens with one attached hydrogen (secondary N) is 2. The number of sulfonamides is 1. The summed E-state index contributed by atoms with van der Waals surface area (Å²) in [5, 5.41) is 3.14. The molecule has 1 aromatic rings. The van der Waals surface area contributed by atoms with Gasteiger partial charge in [-0.15, -0.1) is 12.4 Å². The summed E-state index contributed by atoms with van der Waals surface area (Å²) in [7, 11) is -3.36. The van der Waals surface area contributed by atoms with Gasteiger partial charge in [0.1, 0.15) is 0 Å². The molecule has 0 fully saturated rings. The molecule has 0 amide bonds. The normalized spacial score (nSPS) is 11.0. The first-order chi connectivity index (χ1) is 8.06. The van der Waals surface area contributed by atoms with E-state index in [2.05, 4.69) is 17.0 Å². The molecule has 0 atom stereocenters. The van der Waals surface area contributed by atoms with Crippen LogP contribution in [0.1, 0.15) is 18.9 Å².